The minimum absolute atomic E-state index is 0.375. The second kappa shape index (κ2) is 12.5. The zero-order chi connectivity index (χ0) is 12.1. The fourth-order valence-electron chi connectivity index (χ4n) is 2.17. The fourth-order valence-corrected chi connectivity index (χ4v) is 2.17. The van der Waals surface area contributed by atoms with Gasteiger partial charge in [0.25, 0.3) is 6.47 Å². The maximum atomic E-state index is 8.95. The largest absolute Gasteiger partial charge is 0.471 e. The van der Waals surface area contributed by atoms with Crippen LogP contribution in [0.4, 0.5) is 0 Å². The molecule has 0 amide bonds. The van der Waals surface area contributed by atoms with E-state index in [0.717, 1.165) is 12.5 Å². The Bertz CT molecular complexity index is 140. The molecule has 0 saturated heterocycles. The molecule has 3 nitrogen and oxygen atoms in total. The minimum atomic E-state index is 0.375. The number of methoxy groups -OCH3 is 2. The van der Waals surface area contributed by atoms with E-state index in [2.05, 4.69) is 4.74 Å². The van der Waals surface area contributed by atoms with Gasteiger partial charge in [-0.2, -0.15) is 0 Å². The normalized spacial score (nSPS) is 16.9. The summed E-state index contributed by atoms with van der Waals surface area (Å²) in [6.45, 7) is 1.33. The molecular formula is C13H26O3. The second-order valence-electron chi connectivity index (χ2n) is 4.32. The van der Waals surface area contributed by atoms with Gasteiger partial charge >= 0.3 is 0 Å². The van der Waals surface area contributed by atoms with E-state index in [9.17, 15) is 0 Å². The highest BCUT2D eigenvalue weighted by Crippen LogP contribution is 2.26. The van der Waals surface area contributed by atoms with Gasteiger partial charge in [0, 0.05) is 13.7 Å². The summed E-state index contributed by atoms with van der Waals surface area (Å²) in [4.78, 5) is 8.95. The van der Waals surface area contributed by atoms with Crippen LogP contribution in [0.2, 0.25) is 0 Å². The van der Waals surface area contributed by atoms with Crippen LogP contribution >= 0.6 is 0 Å². The third kappa shape index (κ3) is 9.97. The third-order valence-electron chi connectivity index (χ3n) is 3.03. The quantitative estimate of drug-likeness (QED) is 0.413. The Kier molecular flexibility index (Phi) is 12.1. The molecule has 1 saturated carbocycles. The lowest BCUT2D eigenvalue weighted by Crippen LogP contribution is -2.00. The van der Waals surface area contributed by atoms with Gasteiger partial charge in [-0.25, -0.2) is 0 Å². The van der Waals surface area contributed by atoms with E-state index in [1.54, 1.807) is 7.11 Å². The molecule has 0 bridgehead atoms. The third-order valence-corrected chi connectivity index (χ3v) is 3.03. The van der Waals surface area contributed by atoms with Crippen molar-refractivity contribution in [2.24, 2.45) is 5.92 Å². The standard InChI is InChI=1S/C11H22O.C2H4O2/c1-12-10-6-9-11-7-4-2-3-5-8-11;1-4-2-3/h11H,2-10H2,1H3;2H,1H3. The first-order valence-corrected chi connectivity index (χ1v) is 6.30. The molecule has 3 heteroatoms. The van der Waals surface area contributed by atoms with Crippen LogP contribution in [-0.2, 0) is 14.3 Å². The van der Waals surface area contributed by atoms with Gasteiger partial charge in [0.05, 0.1) is 7.11 Å². The summed E-state index contributed by atoms with van der Waals surface area (Å²) in [6.07, 6.45) is 11.5. The smallest absolute Gasteiger partial charge is 0.292 e. The SMILES string of the molecule is COC=O.COCCCC1CCCCCC1. The lowest BCUT2D eigenvalue weighted by atomic mass is 9.95. The monoisotopic (exact) mass is 230 g/mol. The molecule has 0 aromatic carbocycles. The van der Waals surface area contributed by atoms with Crippen LogP contribution in [0.5, 0.6) is 0 Å². The maximum Gasteiger partial charge on any atom is 0.292 e. The van der Waals surface area contributed by atoms with Gasteiger partial charge < -0.3 is 9.47 Å². The number of hydrogen-bond acceptors (Lipinski definition) is 3. The van der Waals surface area contributed by atoms with E-state index in [4.69, 9.17) is 9.53 Å². The molecule has 16 heavy (non-hydrogen) atoms. The Morgan fingerprint density at radius 3 is 2.12 bits per heavy atom. The second-order valence-corrected chi connectivity index (χ2v) is 4.32. The number of hydrogen-bond donors (Lipinski definition) is 0. The minimum Gasteiger partial charge on any atom is -0.471 e. The molecular weight excluding hydrogens is 204 g/mol. The zero-order valence-corrected chi connectivity index (χ0v) is 10.7. The summed E-state index contributed by atoms with van der Waals surface area (Å²) < 4.78 is 8.93. The van der Waals surface area contributed by atoms with Crippen molar-refractivity contribution in [1.82, 2.24) is 0 Å². The molecule has 0 atom stereocenters. The van der Waals surface area contributed by atoms with E-state index >= 15 is 0 Å². The molecule has 1 rings (SSSR count). The van der Waals surface area contributed by atoms with Crippen LogP contribution in [0.1, 0.15) is 51.4 Å². The van der Waals surface area contributed by atoms with Crippen LogP contribution in [0.25, 0.3) is 0 Å². The Hall–Kier alpha value is -0.570. The average Bonchev–Trinajstić information content (AvgIpc) is 2.58. The predicted molar refractivity (Wildman–Crippen MR) is 65.4 cm³/mol. The first-order chi connectivity index (χ1) is 7.85. The number of ether oxygens (including phenoxy) is 2. The van der Waals surface area contributed by atoms with Crippen molar-refractivity contribution in [3.05, 3.63) is 0 Å². The Balaban J connectivity index is 0.000000487. The van der Waals surface area contributed by atoms with Gasteiger partial charge in [-0.3, -0.25) is 4.79 Å². The first-order valence-electron chi connectivity index (χ1n) is 6.30. The van der Waals surface area contributed by atoms with Gasteiger partial charge in [0.2, 0.25) is 0 Å². The molecule has 0 aromatic heterocycles. The maximum absolute atomic E-state index is 8.95. The van der Waals surface area contributed by atoms with Crippen LogP contribution in [0.15, 0.2) is 0 Å². The van der Waals surface area contributed by atoms with Crippen molar-refractivity contribution in [1.29, 1.82) is 0 Å². The predicted octanol–water partition coefficient (Wildman–Crippen LogP) is 3.17. The lowest BCUT2D eigenvalue weighted by Gasteiger charge is -2.12. The molecule has 0 radical (unpaired) electrons. The molecule has 0 spiro atoms. The van der Waals surface area contributed by atoms with Crippen molar-refractivity contribution in [2.45, 2.75) is 51.4 Å². The van der Waals surface area contributed by atoms with Crippen molar-refractivity contribution >= 4 is 6.47 Å². The van der Waals surface area contributed by atoms with Gasteiger partial charge in [-0.05, 0) is 18.8 Å². The van der Waals surface area contributed by atoms with Crippen molar-refractivity contribution in [2.75, 3.05) is 20.8 Å². The summed E-state index contributed by atoms with van der Waals surface area (Å²) in [5.74, 6) is 1.02. The van der Waals surface area contributed by atoms with Crippen LogP contribution in [-0.4, -0.2) is 27.3 Å². The molecule has 0 heterocycles. The number of carbonyl (C=O) groups is 1. The average molecular weight is 230 g/mol. The Morgan fingerprint density at radius 2 is 1.69 bits per heavy atom. The summed E-state index contributed by atoms with van der Waals surface area (Å²) in [7, 11) is 3.11. The Labute approximate surface area is 99.5 Å². The fraction of sp³-hybridized carbons (Fsp3) is 0.923. The van der Waals surface area contributed by atoms with Crippen LogP contribution < -0.4 is 0 Å². The van der Waals surface area contributed by atoms with Crippen molar-refractivity contribution < 1.29 is 14.3 Å². The molecule has 1 aliphatic carbocycles. The highest BCUT2D eigenvalue weighted by atomic mass is 16.5. The van der Waals surface area contributed by atoms with Crippen LogP contribution in [0.3, 0.4) is 0 Å². The van der Waals surface area contributed by atoms with Crippen molar-refractivity contribution in [3.63, 3.8) is 0 Å². The first kappa shape index (κ1) is 15.4. The summed E-state index contributed by atoms with van der Waals surface area (Å²) in [5, 5.41) is 0. The highest BCUT2D eigenvalue weighted by molar-refractivity contribution is 5.36. The summed E-state index contributed by atoms with van der Waals surface area (Å²) in [6, 6.07) is 0. The molecule has 1 aliphatic rings. The van der Waals surface area contributed by atoms with E-state index < -0.39 is 0 Å². The van der Waals surface area contributed by atoms with Gasteiger partial charge in [-0.15, -0.1) is 0 Å². The number of rotatable bonds is 5. The van der Waals surface area contributed by atoms with Gasteiger partial charge in [-0.1, -0.05) is 38.5 Å². The molecule has 96 valence electrons. The molecule has 0 unspecified atom stereocenters. The summed E-state index contributed by atoms with van der Waals surface area (Å²) in [5.41, 5.74) is 0. The lowest BCUT2D eigenvalue weighted by molar-refractivity contribution is -0.126. The van der Waals surface area contributed by atoms with E-state index in [1.807, 2.05) is 0 Å². The zero-order valence-electron chi connectivity index (χ0n) is 10.7. The van der Waals surface area contributed by atoms with Crippen molar-refractivity contribution in [3.8, 4) is 0 Å². The van der Waals surface area contributed by atoms with Gasteiger partial charge in [0.15, 0.2) is 0 Å². The topological polar surface area (TPSA) is 35.5 Å². The molecule has 0 aromatic rings. The van der Waals surface area contributed by atoms with E-state index in [0.29, 0.717) is 6.47 Å². The summed E-state index contributed by atoms with van der Waals surface area (Å²) >= 11 is 0. The molecule has 1 fully saturated rings. The van der Waals surface area contributed by atoms with Gasteiger partial charge in [0.1, 0.15) is 0 Å². The molecule has 0 aliphatic heterocycles. The Morgan fingerprint density at radius 1 is 1.12 bits per heavy atom. The van der Waals surface area contributed by atoms with Crippen LogP contribution in [0, 0.1) is 5.92 Å². The van der Waals surface area contributed by atoms with E-state index in [1.165, 1.54) is 58.5 Å². The van der Waals surface area contributed by atoms with E-state index in [-0.39, 0.29) is 0 Å². The number of carbonyl (C=O) groups excluding carboxylic acids is 1. The molecule has 0 N–H and O–H groups in total. The highest BCUT2D eigenvalue weighted by Gasteiger charge is 2.11.